The number of para-hydroxylation sites is 1. The Morgan fingerprint density at radius 1 is 1.29 bits per heavy atom. The Hall–Kier alpha value is -1.06. The lowest BCUT2D eigenvalue weighted by molar-refractivity contribution is 0.123. The molecule has 1 aromatic rings. The van der Waals surface area contributed by atoms with Gasteiger partial charge in [-0.05, 0) is 26.0 Å². The summed E-state index contributed by atoms with van der Waals surface area (Å²) in [6.07, 6.45) is -0.407. The maximum atomic E-state index is 8.89. The molecule has 3 nitrogen and oxygen atoms in total. The molecule has 2 N–H and O–H groups in total. The summed E-state index contributed by atoms with van der Waals surface area (Å²) in [5.41, 5.74) is 0. The van der Waals surface area contributed by atoms with Crippen LogP contribution in [0.1, 0.15) is 13.8 Å². The predicted molar refractivity (Wildman–Crippen MR) is 56.4 cm³/mol. The highest BCUT2D eigenvalue weighted by molar-refractivity contribution is 5.20. The minimum Gasteiger partial charge on any atom is -0.491 e. The predicted octanol–water partition coefficient (Wildman–Crippen LogP) is 1.44. The van der Waals surface area contributed by atoms with Crippen LogP contribution in [0.15, 0.2) is 30.3 Å². The van der Waals surface area contributed by atoms with Crippen molar-refractivity contribution < 1.29 is 14.9 Å². The second kappa shape index (κ2) is 8.53. The van der Waals surface area contributed by atoms with E-state index < -0.39 is 6.10 Å². The van der Waals surface area contributed by atoms with Gasteiger partial charge in [-0.3, -0.25) is 0 Å². The summed E-state index contributed by atoms with van der Waals surface area (Å²) in [4.78, 5) is 0. The number of ether oxygens (including phenoxy) is 1. The molecular formula is C11H18O3. The van der Waals surface area contributed by atoms with Crippen molar-refractivity contribution in [3.63, 3.8) is 0 Å². The third kappa shape index (κ3) is 7.58. The minimum absolute atomic E-state index is 0.250. The summed E-state index contributed by atoms with van der Waals surface area (Å²) in [6.45, 7) is 3.98. The van der Waals surface area contributed by atoms with E-state index in [0.717, 1.165) is 5.75 Å². The topological polar surface area (TPSA) is 49.7 Å². The fourth-order valence-corrected chi connectivity index (χ4v) is 0.734. The van der Waals surface area contributed by atoms with Crippen molar-refractivity contribution in [3.05, 3.63) is 30.3 Å². The first-order valence-electron chi connectivity index (χ1n) is 4.67. The maximum absolute atomic E-state index is 8.89. The van der Waals surface area contributed by atoms with Crippen LogP contribution in [0, 0.1) is 0 Å². The van der Waals surface area contributed by atoms with Gasteiger partial charge in [0.25, 0.3) is 0 Å². The molecule has 1 atom stereocenters. The summed E-state index contributed by atoms with van der Waals surface area (Å²) in [5, 5.41) is 16.5. The Morgan fingerprint density at radius 2 is 1.79 bits per heavy atom. The van der Waals surface area contributed by atoms with Gasteiger partial charge in [0, 0.05) is 6.61 Å². The molecule has 0 bridgehead atoms. The van der Waals surface area contributed by atoms with Crippen LogP contribution in [-0.4, -0.2) is 29.5 Å². The molecule has 0 amide bonds. The smallest absolute Gasteiger partial charge is 0.119 e. The van der Waals surface area contributed by atoms with E-state index in [1.165, 1.54) is 0 Å². The zero-order valence-corrected chi connectivity index (χ0v) is 8.68. The van der Waals surface area contributed by atoms with E-state index >= 15 is 0 Å². The number of rotatable bonds is 3. The molecule has 0 aliphatic heterocycles. The monoisotopic (exact) mass is 198 g/mol. The van der Waals surface area contributed by atoms with Crippen molar-refractivity contribution >= 4 is 0 Å². The molecule has 0 saturated heterocycles. The Morgan fingerprint density at radius 3 is 2.21 bits per heavy atom. The zero-order valence-electron chi connectivity index (χ0n) is 8.68. The molecule has 0 radical (unpaired) electrons. The first kappa shape index (κ1) is 12.9. The second-order valence-electron chi connectivity index (χ2n) is 2.79. The molecule has 1 unspecified atom stereocenters. The Balaban J connectivity index is 0.000000500. The van der Waals surface area contributed by atoms with Crippen molar-refractivity contribution in [1.29, 1.82) is 0 Å². The summed E-state index contributed by atoms with van der Waals surface area (Å²) < 4.78 is 5.22. The van der Waals surface area contributed by atoms with Gasteiger partial charge in [-0.15, -0.1) is 0 Å². The largest absolute Gasteiger partial charge is 0.491 e. The Kier molecular flexibility index (Phi) is 7.89. The SMILES string of the molecule is CC(O)COc1ccccc1.CCO. The van der Waals surface area contributed by atoms with E-state index in [2.05, 4.69) is 0 Å². The van der Waals surface area contributed by atoms with Crippen LogP contribution in [0.2, 0.25) is 0 Å². The minimum atomic E-state index is -0.407. The lowest BCUT2D eigenvalue weighted by atomic mass is 10.3. The van der Waals surface area contributed by atoms with Crippen LogP contribution >= 0.6 is 0 Å². The fraction of sp³-hybridized carbons (Fsp3) is 0.455. The number of aliphatic hydroxyl groups is 2. The van der Waals surface area contributed by atoms with E-state index in [0.29, 0.717) is 6.61 Å². The molecule has 80 valence electrons. The van der Waals surface area contributed by atoms with Gasteiger partial charge in [0.2, 0.25) is 0 Å². The van der Waals surface area contributed by atoms with Crippen LogP contribution in [0.4, 0.5) is 0 Å². The molecule has 14 heavy (non-hydrogen) atoms. The van der Waals surface area contributed by atoms with Crippen molar-refractivity contribution in [2.75, 3.05) is 13.2 Å². The molecule has 0 spiro atoms. The van der Waals surface area contributed by atoms with Crippen molar-refractivity contribution in [2.45, 2.75) is 20.0 Å². The Bertz CT molecular complexity index is 209. The normalized spacial score (nSPS) is 11.1. The average molecular weight is 198 g/mol. The van der Waals surface area contributed by atoms with Crippen LogP contribution in [0.25, 0.3) is 0 Å². The molecule has 0 aromatic heterocycles. The molecule has 0 aliphatic rings. The fourth-order valence-electron chi connectivity index (χ4n) is 0.734. The van der Waals surface area contributed by atoms with Gasteiger partial charge in [-0.1, -0.05) is 18.2 Å². The number of hydrogen-bond donors (Lipinski definition) is 2. The quantitative estimate of drug-likeness (QED) is 0.772. The highest BCUT2D eigenvalue weighted by Gasteiger charge is 1.95. The zero-order chi connectivity index (χ0) is 10.8. The highest BCUT2D eigenvalue weighted by atomic mass is 16.5. The van der Waals surface area contributed by atoms with Gasteiger partial charge in [0.15, 0.2) is 0 Å². The average Bonchev–Trinajstić information content (AvgIpc) is 2.18. The molecule has 0 aliphatic carbocycles. The van der Waals surface area contributed by atoms with Crippen LogP contribution in [-0.2, 0) is 0 Å². The van der Waals surface area contributed by atoms with Gasteiger partial charge in [-0.25, -0.2) is 0 Å². The Labute approximate surface area is 85.0 Å². The molecule has 1 rings (SSSR count). The van der Waals surface area contributed by atoms with Gasteiger partial charge in [0.05, 0.1) is 6.10 Å². The molecule has 0 saturated carbocycles. The first-order valence-corrected chi connectivity index (χ1v) is 4.67. The highest BCUT2D eigenvalue weighted by Crippen LogP contribution is 2.07. The number of aliphatic hydroxyl groups excluding tert-OH is 2. The van der Waals surface area contributed by atoms with Crippen molar-refractivity contribution in [3.8, 4) is 5.75 Å². The van der Waals surface area contributed by atoms with Crippen LogP contribution < -0.4 is 4.74 Å². The van der Waals surface area contributed by atoms with Gasteiger partial charge in [-0.2, -0.15) is 0 Å². The van der Waals surface area contributed by atoms with Crippen LogP contribution in [0.5, 0.6) is 5.75 Å². The van der Waals surface area contributed by atoms with E-state index in [1.807, 2.05) is 30.3 Å². The van der Waals surface area contributed by atoms with E-state index in [4.69, 9.17) is 14.9 Å². The maximum Gasteiger partial charge on any atom is 0.119 e. The lowest BCUT2D eigenvalue weighted by Crippen LogP contribution is -2.12. The number of benzene rings is 1. The molecular weight excluding hydrogens is 180 g/mol. The summed E-state index contributed by atoms with van der Waals surface area (Å²) in [7, 11) is 0. The van der Waals surface area contributed by atoms with E-state index in [1.54, 1.807) is 13.8 Å². The van der Waals surface area contributed by atoms with Crippen LogP contribution in [0.3, 0.4) is 0 Å². The first-order chi connectivity index (χ1) is 6.70. The van der Waals surface area contributed by atoms with Crippen molar-refractivity contribution in [1.82, 2.24) is 0 Å². The summed E-state index contributed by atoms with van der Waals surface area (Å²) in [5.74, 6) is 0.799. The number of hydrogen-bond acceptors (Lipinski definition) is 3. The van der Waals surface area contributed by atoms with Gasteiger partial charge in [0.1, 0.15) is 12.4 Å². The van der Waals surface area contributed by atoms with E-state index in [-0.39, 0.29) is 6.61 Å². The second-order valence-corrected chi connectivity index (χ2v) is 2.79. The molecule has 0 heterocycles. The third-order valence-corrected chi connectivity index (χ3v) is 1.23. The molecule has 3 heteroatoms. The lowest BCUT2D eigenvalue weighted by Gasteiger charge is -2.06. The standard InChI is InChI=1S/C9H12O2.C2H6O/c1-8(10)7-11-9-5-3-2-4-6-9;1-2-3/h2-6,8,10H,7H2,1H3;3H,2H2,1H3. The molecule has 1 aromatic carbocycles. The summed E-state index contributed by atoms with van der Waals surface area (Å²) in [6, 6.07) is 9.45. The van der Waals surface area contributed by atoms with Crippen molar-refractivity contribution in [2.24, 2.45) is 0 Å². The van der Waals surface area contributed by atoms with Gasteiger partial charge < -0.3 is 14.9 Å². The molecule has 0 fully saturated rings. The summed E-state index contributed by atoms with van der Waals surface area (Å²) >= 11 is 0. The third-order valence-electron chi connectivity index (χ3n) is 1.23. The van der Waals surface area contributed by atoms with E-state index in [9.17, 15) is 0 Å². The van der Waals surface area contributed by atoms with Gasteiger partial charge >= 0.3 is 0 Å².